The van der Waals surface area contributed by atoms with Crippen molar-refractivity contribution in [2.45, 2.75) is 12.8 Å². The summed E-state index contributed by atoms with van der Waals surface area (Å²) in [4.78, 5) is 34.3. The summed E-state index contributed by atoms with van der Waals surface area (Å²) in [5, 5.41) is 7.47. The number of hydrogen-bond acceptors (Lipinski definition) is 7. The third-order valence-corrected chi connectivity index (χ3v) is 4.55. The lowest BCUT2D eigenvalue weighted by molar-refractivity contribution is -0.140. The van der Waals surface area contributed by atoms with E-state index in [-0.39, 0.29) is 43.1 Å². The molecule has 0 fully saturated rings. The molecule has 1 aliphatic rings. The molecule has 0 spiro atoms. The minimum Gasteiger partial charge on any atom is -0.498 e. The number of nitrogens with one attached hydrogen (secondary N) is 1. The highest BCUT2D eigenvalue weighted by Gasteiger charge is 2.33. The van der Waals surface area contributed by atoms with Crippen LogP contribution >= 0.6 is 12.4 Å². The van der Waals surface area contributed by atoms with Crippen molar-refractivity contribution in [3.05, 3.63) is 59.4 Å². The van der Waals surface area contributed by atoms with E-state index in [2.05, 4.69) is 14.7 Å². The van der Waals surface area contributed by atoms with Crippen molar-refractivity contribution in [1.82, 2.24) is 9.97 Å². The van der Waals surface area contributed by atoms with Gasteiger partial charge >= 0.3 is 5.97 Å². The van der Waals surface area contributed by atoms with Crippen LogP contribution in [0.2, 0.25) is 0 Å². The van der Waals surface area contributed by atoms with E-state index < -0.39 is 0 Å². The number of esters is 1. The molecule has 0 unspecified atom stereocenters. The number of rotatable bonds is 7. The number of amides is 1. The minimum atomic E-state index is -0.334. The number of methoxy groups -OCH3 is 2. The van der Waals surface area contributed by atoms with Gasteiger partial charge in [-0.2, -0.15) is 0 Å². The van der Waals surface area contributed by atoms with Crippen molar-refractivity contribution >= 4 is 41.4 Å². The Morgan fingerprint density at radius 3 is 2.37 bits per heavy atom. The number of hydrogen-bond donors (Lipinski definition) is 2. The normalized spacial score (nSPS) is 13.1. The molecule has 1 aromatic heterocycles. The van der Waals surface area contributed by atoms with Crippen molar-refractivity contribution in [1.29, 1.82) is 5.41 Å². The van der Waals surface area contributed by atoms with Crippen LogP contribution < -0.4 is 10.6 Å². The van der Waals surface area contributed by atoms with Gasteiger partial charge in [-0.3, -0.25) is 15.0 Å². The van der Waals surface area contributed by atoms with Gasteiger partial charge in [0.2, 0.25) is 0 Å². The summed E-state index contributed by atoms with van der Waals surface area (Å²) in [6.07, 6.45) is 3.64. The zero-order valence-corrected chi connectivity index (χ0v) is 17.4. The number of nitrogens with two attached hydrogens (primary N) is 1. The maximum Gasteiger partial charge on any atom is 0.305 e. The molecular formula is C20H22ClN5O4. The first-order valence-corrected chi connectivity index (χ1v) is 8.86. The largest absolute Gasteiger partial charge is 0.498 e. The highest BCUT2D eigenvalue weighted by molar-refractivity contribution is 6.29. The van der Waals surface area contributed by atoms with Gasteiger partial charge in [0.1, 0.15) is 17.4 Å². The van der Waals surface area contributed by atoms with Crippen LogP contribution in [0, 0.1) is 5.41 Å². The Balaban J connectivity index is 0.00000320. The highest BCUT2D eigenvalue weighted by Crippen LogP contribution is 2.31. The van der Waals surface area contributed by atoms with Crippen LogP contribution in [-0.4, -0.2) is 48.4 Å². The van der Waals surface area contributed by atoms with Gasteiger partial charge in [0.05, 0.1) is 32.8 Å². The van der Waals surface area contributed by atoms with Crippen LogP contribution in [-0.2, 0) is 25.5 Å². The number of amidine groups is 1. The third-order valence-electron chi connectivity index (χ3n) is 4.55. The number of benzene rings is 1. The Labute approximate surface area is 179 Å². The number of carbonyl (C=O) groups excluding carboxylic acids is 2. The fourth-order valence-corrected chi connectivity index (χ4v) is 2.96. The Bertz CT molecular complexity index is 974. The second-order valence-corrected chi connectivity index (χ2v) is 6.32. The monoisotopic (exact) mass is 431 g/mol. The molecule has 2 heterocycles. The average molecular weight is 432 g/mol. The van der Waals surface area contributed by atoms with E-state index in [1.807, 2.05) is 0 Å². The van der Waals surface area contributed by atoms with Gasteiger partial charge in [-0.1, -0.05) is 0 Å². The van der Waals surface area contributed by atoms with Gasteiger partial charge in [0, 0.05) is 35.6 Å². The summed E-state index contributed by atoms with van der Waals surface area (Å²) in [6, 6.07) is 6.85. The van der Waals surface area contributed by atoms with E-state index in [9.17, 15) is 9.59 Å². The zero-order chi connectivity index (χ0) is 21.0. The number of aromatic nitrogens is 2. The predicted octanol–water partition coefficient (Wildman–Crippen LogP) is 1.69. The smallest absolute Gasteiger partial charge is 0.305 e. The maximum atomic E-state index is 13.0. The topological polar surface area (TPSA) is 131 Å². The molecule has 2 aromatic rings. The van der Waals surface area contributed by atoms with Crippen LogP contribution in [0.3, 0.4) is 0 Å². The summed E-state index contributed by atoms with van der Waals surface area (Å²) in [5.74, 6) is 0.394. The summed E-state index contributed by atoms with van der Waals surface area (Å²) in [7, 11) is 2.84. The number of anilines is 1. The molecule has 158 valence electrons. The number of halogens is 1. The molecule has 1 aliphatic heterocycles. The van der Waals surface area contributed by atoms with Crippen molar-refractivity contribution in [2.75, 3.05) is 25.7 Å². The van der Waals surface area contributed by atoms with Crippen molar-refractivity contribution in [2.24, 2.45) is 5.73 Å². The average Bonchev–Trinajstić information content (AvgIpc) is 3.08. The number of ether oxygens (including phenoxy) is 2. The molecule has 3 N–H and O–H groups in total. The summed E-state index contributed by atoms with van der Waals surface area (Å²) >= 11 is 0. The second kappa shape index (κ2) is 9.84. The summed E-state index contributed by atoms with van der Waals surface area (Å²) in [5.41, 5.74) is 7.66. The molecule has 10 heteroatoms. The Hall–Kier alpha value is -3.46. The minimum absolute atomic E-state index is 0. The van der Waals surface area contributed by atoms with E-state index in [1.165, 1.54) is 14.2 Å². The lowest BCUT2D eigenvalue weighted by Gasteiger charge is -2.17. The molecule has 30 heavy (non-hydrogen) atoms. The van der Waals surface area contributed by atoms with Gasteiger partial charge in [0.15, 0.2) is 0 Å². The highest BCUT2D eigenvalue weighted by atomic mass is 35.5. The number of nitrogens with zero attached hydrogens (tertiary/aromatic N) is 3. The number of carbonyl (C=O) groups is 2. The Kier molecular flexibility index (Phi) is 7.48. The summed E-state index contributed by atoms with van der Waals surface area (Å²) in [6.45, 7) is 0.272. The van der Waals surface area contributed by atoms with E-state index in [0.717, 1.165) is 0 Å². The fourth-order valence-electron chi connectivity index (χ4n) is 2.96. The second-order valence-electron chi connectivity index (χ2n) is 6.32. The Morgan fingerprint density at radius 2 is 1.83 bits per heavy atom. The third kappa shape index (κ3) is 4.74. The van der Waals surface area contributed by atoms with Gasteiger partial charge < -0.3 is 20.1 Å². The van der Waals surface area contributed by atoms with E-state index in [0.29, 0.717) is 40.4 Å². The zero-order valence-electron chi connectivity index (χ0n) is 16.5. The molecule has 0 saturated heterocycles. The van der Waals surface area contributed by atoms with Gasteiger partial charge in [-0.15, -0.1) is 12.4 Å². The SMILES string of the molecule is COC(=O)CCc1ncc(C2=C(OC)CN(c3ccc(C(=N)N)cc3)C2=O)cn1.Cl. The molecular weight excluding hydrogens is 410 g/mol. The van der Waals surface area contributed by atoms with Gasteiger partial charge in [-0.05, 0) is 24.3 Å². The molecule has 1 amide bonds. The predicted molar refractivity (Wildman–Crippen MR) is 113 cm³/mol. The summed E-state index contributed by atoms with van der Waals surface area (Å²) < 4.78 is 10.0. The number of nitrogen functional groups attached to an aromatic ring is 1. The van der Waals surface area contributed by atoms with Crippen LogP contribution in [0.4, 0.5) is 5.69 Å². The van der Waals surface area contributed by atoms with Crippen molar-refractivity contribution in [3.8, 4) is 0 Å². The maximum absolute atomic E-state index is 13.0. The van der Waals surface area contributed by atoms with Crippen molar-refractivity contribution < 1.29 is 19.1 Å². The lowest BCUT2D eigenvalue weighted by Crippen LogP contribution is -2.26. The van der Waals surface area contributed by atoms with Gasteiger partial charge in [-0.25, -0.2) is 9.97 Å². The van der Waals surface area contributed by atoms with Gasteiger partial charge in [0.25, 0.3) is 5.91 Å². The first-order chi connectivity index (χ1) is 13.9. The van der Waals surface area contributed by atoms with E-state index in [4.69, 9.17) is 15.9 Å². The standard InChI is InChI=1S/C20H21N5O4.ClH/c1-28-15-11-25(14-5-3-12(4-6-14)19(21)22)20(27)18(15)13-9-23-16(24-10-13)7-8-17(26)29-2;/h3-6,9-10H,7-8,11H2,1-2H3,(H3,21,22);1H. The lowest BCUT2D eigenvalue weighted by atomic mass is 10.1. The molecule has 0 radical (unpaired) electrons. The molecule has 0 atom stereocenters. The first-order valence-electron chi connectivity index (χ1n) is 8.86. The number of aryl methyl sites for hydroxylation is 1. The molecule has 3 rings (SSSR count). The molecule has 1 aromatic carbocycles. The first kappa shape index (κ1) is 22.8. The van der Waals surface area contributed by atoms with E-state index in [1.54, 1.807) is 41.6 Å². The van der Waals surface area contributed by atoms with E-state index >= 15 is 0 Å². The molecule has 9 nitrogen and oxygen atoms in total. The molecule has 0 bridgehead atoms. The molecule has 0 saturated carbocycles. The Morgan fingerprint density at radius 1 is 1.20 bits per heavy atom. The van der Waals surface area contributed by atoms with Crippen LogP contribution in [0.25, 0.3) is 5.57 Å². The van der Waals surface area contributed by atoms with Crippen LogP contribution in [0.15, 0.2) is 42.4 Å². The molecule has 0 aliphatic carbocycles. The van der Waals surface area contributed by atoms with Crippen LogP contribution in [0.1, 0.15) is 23.4 Å². The fraction of sp³-hybridized carbons (Fsp3) is 0.250. The van der Waals surface area contributed by atoms with Crippen molar-refractivity contribution in [3.63, 3.8) is 0 Å². The van der Waals surface area contributed by atoms with Crippen LogP contribution in [0.5, 0.6) is 0 Å². The quantitative estimate of drug-likeness (QED) is 0.387.